The zero-order valence-electron chi connectivity index (χ0n) is 9.53. The van der Waals surface area contributed by atoms with Crippen LogP contribution >= 0.6 is 12.2 Å². The van der Waals surface area contributed by atoms with Gasteiger partial charge in [-0.3, -0.25) is 0 Å². The molecule has 1 heterocycles. The molecule has 86 valence electrons. The molecule has 0 unspecified atom stereocenters. The van der Waals surface area contributed by atoms with Gasteiger partial charge in [0, 0.05) is 18.7 Å². The fourth-order valence-electron chi connectivity index (χ4n) is 1.82. The molecule has 3 heteroatoms. The average Bonchev–Trinajstić information content (AvgIpc) is 2.80. The molecule has 0 aliphatic carbocycles. The van der Waals surface area contributed by atoms with Crippen LogP contribution < -0.4 is 5.32 Å². The van der Waals surface area contributed by atoms with Gasteiger partial charge in [0.2, 0.25) is 0 Å². The first-order chi connectivity index (χ1) is 7.75. The van der Waals surface area contributed by atoms with Crippen molar-refractivity contribution in [2.24, 2.45) is 0 Å². The van der Waals surface area contributed by atoms with Gasteiger partial charge in [-0.2, -0.15) is 0 Å². The van der Waals surface area contributed by atoms with Gasteiger partial charge in [0.05, 0.1) is 6.10 Å². The third-order valence-electron chi connectivity index (χ3n) is 2.83. The largest absolute Gasteiger partial charge is 0.376 e. The molecule has 1 atom stereocenters. The first-order valence-electron chi connectivity index (χ1n) is 5.72. The Hall–Kier alpha value is -0.930. The Bertz CT molecular complexity index is 355. The van der Waals surface area contributed by atoms with E-state index in [0.717, 1.165) is 30.1 Å². The van der Waals surface area contributed by atoms with Gasteiger partial charge < -0.3 is 10.1 Å². The van der Waals surface area contributed by atoms with Crippen molar-refractivity contribution < 1.29 is 4.74 Å². The van der Waals surface area contributed by atoms with Crippen LogP contribution in [0.4, 0.5) is 0 Å². The molecule has 0 aromatic heterocycles. The molecule has 1 fully saturated rings. The lowest BCUT2D eigenvalue weighted by atomic mass is 10.1. The van der Waals surface area contributed by atoms with Crippen molar-refractivity contribution in [2.45, 2.75) is 25.9 Å². The van der Waals surface area contributed by atoms with Gasteiger partial charge >= 0.3 is 0 Å². The lowest BCUT2D eigenvalue weighted by Crippen LogP contribution is -2.31. The normalized spacial score (nSPS) is 19.7. The molecule has 0 amide bonds. The summed E-state index contributed by atoms with van der Waals surface area (Å²) in [6.07, 6.45) is 2.65. The van der Waals surface area contributed by atoms with Crippen LogP contribution in [0, 0.1) is 6.92 Å². The highest BCUT2D eigenvalue weighted by Gasteiger charge is 2.15. The second kappa shape index (κ2) is 5.41. The summed E-state index contributed by atoms with van der Waals surface area (Å²) in [5.74, 6) is 0. The zero-order chi connectivity index (χ0) is 11.4. The van der Waals surface area contributed by atoms with E-state index in [2.05, 4.69) is 36.5 Å². The van der Waals surface area contributed by atoms with Crippen LogP contribution in [0.2, 0.25) is 0 Å². The summed E-state index contributed by atoms with van der Waals surface area (Å²) in [7, 11) is 0. The molecule has 1 aliphatic rings. The van der Waals surface area contributed by atoms with Crippen molar-refractivity contribution >= 4 is 17.2 Å². The number of hydrogen-bond acceptors (Lipinski definition) is 2. The zero-order valence-corrected chi connectivity index (χ0v) is 10.3. The maximum absolute atomic E-state index is 5.54. The first-order valence-corrected chi connectivity index (χ1v) is 6.13. The highest BCUT2D eigenvalue weighted by atomic mass is 32.1. The Morgan fingerprint density at radius 3 is 2.81 bits per heavy atom. The molecule has 2 nitrogen and oxygen atoms in total. The monoisotopic (exact) mass is 235 g/mol. The lowest BCUT2D eigenvalue weighted by Gasteiger charge is -2.12. The Morgan fingerprint density at radius 2 is 2.19 bits per heavy atom. The molecule has 0 radical (unpaired) electrons. The number of benzene rings is 1. The molecule has 2 rings (SSSR count). The second-order valence-corrected chi connectivity index (χ2v) is 4.62. The topological polar surface area (TPSA) is 21.3 Å². The van der Waals surface area contributed by atoms with E-state index in [9.17, 15) is 0 Å². The minimum absolute atomic E-state index is 0.336. The Kier molecular flexibility index (Phi) is 3.91. The second-order valence-electron chi connectivity index (χ2n) is 4.21. The van der Waals surface area contributed by atoms with Gasteiger partial charge in [0.1, 0.15) is 4.99 Å². The predicted molar refractivity (Wildman–Crippen MR) is 69.9 cm³/mol. The molecule has 1 aromatic rings. The molecular formula is C13H17NOS. The van der Waals surface area contributed by atoms with Crippen LogP contribution in [0.15, 0.2) is 24.3 Å². The summed E-state index contributed by atoms with van der Waals surface area (Å²) in [4.78, 5) is 0.815. The minimum atomic E-state index is 0.336. The van der Waals surface area contributed by atoms with E-state index in [1.807, 2.05) is 0 Å². The van der Waals surface area contributed by atoms with Crippen molar-refractivity contribution in [1.29, 1.82) is 0 Å². The minimum Gasteiger partial charge on any atom is -0.376 e. The summed E-state index contributed by atoms with van der Waals surface area (Å²) in [5.41, 5.74) is 2.34. The number of nitrogens with one attached hydrogen (secondary N) is 1. The summed E-state index contributed by atoms with van der Waals surface area (Å²) in [5, 5.41) is 3.27. The third kappa shape index (κ3) is 3.03. The van der Waals surface area contributed by atoms with Crippen LogP contribution in [-0.2, 0) is 4.74 Å². The van der Waals surface area contributed by atoms with Gasteiger partial charge in [-0.15, -0.1) is 0 Å². The van der Waals surface area contributed by atoms with Crippen LogP contribution in [-0.4, -0.2) is 24.2 Å². The molecule has 1 aliphatic heterocycles. The third-order valence-corrected chi connectivity index (χ3v) is 3.21. The summed E-state index contributed by atoms with van der Waals surface area (Å²) >= 11 is 5.33. The fraction of sp³-hybridized carbons (Fsp3) is 0.462. The summed E-state index contributed by atoms with van der Waals surface area (Å²) in [6, 6.07) is 8.27. The standard InChI is InChI=1S/C13H17NOS/c1-10-4-6-11(7-5-10)13(16)14-9-12-3-2-8-15-12/h4-7,12H,2-3,8-9H2,1H3,(H,14,16)/t12-/m0/s1. The Labute approximate surface area is 102 Å². The van der Waals surface area contributed by atoms with Crippen LogP contribution in [0.25, 0.3) is 0 Å². The molecule has 1 saturated heterocycles. The highest BCUT2D eigenvalue weighted by molar-refractivity contribution is 7.80. The van der Waals surface area contributed by atoms with Gasteiger partial charge in [-0.25, -0.2) is 0 Å². The van der Waals surface area contributed by atoms with Crippen molar-refractivity contribution in [1.82, 2.24) is 5.32 Å². The van der Waals surface area contributed by atoms with Crippen molar-refractivity contribution in [3.8, 4) is 0 Å². The molecule has 0 saturated carbocycles. The molecule has 0 spiro atoms. The number of rotatable bonds is 3. The van der Waals surface area contributed by atoms with Crippen molar-refractivity contribution in [2.75, 3.05) is 13.2 Å². The SMILES string of the molecule is Cc1ccc(C(=S)NC[C@@H]2CCCO2)cc1. The van der Waals surface area contributed by atoms with E-state index < -0.39 is 0 Å². The molecule has 0 bridgehead atoms. The van der Waals surface area contributed by atoms with E-state index in [4.69, 9.17) is 17.0 Å². The molecular weight excluding hydrogens is 218 g/mol. The highest BCUT2D eigenvalue weighted by Crippen LogP contribution is 2.11. The predicted octanol–water partition coefficient (Wildman–Crippen LogP) is 2.44. The van der Waals surface area contributed by atoms with E-state index in [0.29, 0.717) is 6.10 Å². The maximum atomic E-state index is 5.54. The summed E-state index contributed by atoms with van der Waals surface area (Å²) < 4.78 is 5.54. The van der Waals surface area contributed by atoms with E-state index in [1.165, 1.54) is 12.0 Å². The maximum Gasteiger partial charge on any atom is 0.106 e. The Balaban J connectivity index is 1.85. The van der Waals surface area contributed by atoms with Crippen LogP contribution in [0.1, 0.15) is 24.0 Å². The van der Waals surface area contributed by atoms with Gasteiger partial charge in [0.15, 0.2) is 0 Å². The molecule has 1 N–H and O–H groups in total. The van der Waals surface area contributed by atoms with Crippen molar-refractivity contribution in [3.63, 3.8) is 0 Å². The van der Waals surface area contributed by atoms with E-state index in [1.54, 1.807) is 0 Å². The van der Waals surface area contributed by atoms with Crippen LogP contribution in [0.5, 0.6) is 0 Å². The first kappa shape index (κ1) is 11.6. The van der Waals surface area contributed by atoms with E-state index >= 15 is 0 Å². The van der Waals surface area contributed by atoms with Gasteiger partial charge in [-0.05, 0) is 19.8 Å². The summed E-state index contributed by atoms with van der Waals surface area (Å²) in [6.45, 7) is 3.79. The quantitative estimate of drug-likeness (QED) is 0.813. The number of aryl methyl sites for hydroxylation is 1. The lowest BCUT2D eigenvalue weighted by molar-refractivity contribution is 0.114. The number of ether oxygens (including phenoxy) is 1. The smallest absolute Gasteiger partial charge is 0.106 e. The van der Waals surface area contributed by atoms with Crippen molar-refractivity contribution in [3.05, 3.63) is 35.4 Å². The van der Waals surface area contributed by atoms with E-state index in [-0.39, 0.29) is 0 Å². The number of thiocarbonyl (C=S) groups is 1. The van der Waals surface area contributed by atoms with Gasteiger partial charge in [-0.1, -0.05) is 42.0 Å². The van der Waals surface area contributed by atoms with Crippen LogP contribution in [0.3, 0.4) is 0 Å². The Morgan fingerprint density at radius 1 is 1.44 bits per heavy atom. The number of hydrogen-bond donors (Lipinski definition) is 1. The fourth-order valence-corrected chi connectivity index (χ4v) is 2.04. The average molecular weight is 235 g/mol. The molecule has 16 heavy (non-hydrogen) atoms. The molecule has 1 aromatic carbocycles. The van der Waals surface area contributed by atoms with Gasteiger partial charge in [0.25, 0.3) is 0 Å².